The molecule has 1 aromatic rings. The number of hydrogen-bond donors (Lipinski definition) is 3. The van der Waals surface area contributed by atoms with Crippen LogP contribution < -0.4 is 4.74 Å². The average molecular weight is 451 g/mol. The fraction of sp³-hybridized carbons (Fsp3) is 0.684. The minimum Gasteiger partial charge on any atom is -0.490 e. The number of benzene rings is 1. The van der Waals surface area contributed by atoms with Crippen LogP contribution in [0.5, 0.6) is 5.75 Å². The molecule has 1 aliphatic carbocycles. The number of sulfone groups is 1. The first-order valence-corrected chi connectivity index (χ1v) is 11.9. The quantitative estimate of drug-likeness (QED) is 0.570. The molecule has 1 aliphatic heterocycles. The molecule has 29 heavy (non-hydrogen) atoms. The molecule has 1 saturated heterocycles. The van der Waals surface area contributed by atoms with E-state index in [0.29, 0.717) is 38.9 Å². The lowest BCUT2D eigenvalue weighted by Crippen LogP contribution is -2.40. The molecule has 3 N–H and O–H groups in total. The van der Waals surface area contributed by atoms with Gasteiger partial charge in [-0.15, -0.1) is 0 Å². The molecule has 3 atom stereocenters. The summed E-state index contributed by atoms with van der Waals surface area (Å²) in [5.41, 5.74) is 0.201. The van der Waals surface area contributed by atoms with Crippen LogP contribution >= 0.6 is 11.6 Å². The normalized spacial score (nSPS) is 25.3. The minimum atomic E-state index is -3.65. The molecule has 2 aliphatic rings. The first-order valence-electron chi connectivity index (χ1n) is 9.62. The maximum absolute atomic E-state index is 12.2. The largest absolute Gasteiger partial charge is 0.490 e. The SMILES string of the molecule is CS(=O)(=O)c1ccc([C@@H](O)C2[C@H](O)CCC[C@H]2O)c(Cl)c1OCCC1OCCO1. The summed E-state index contributed by atoms with van der Waals surface area (Å²) in [4.78, 5) is -0.101. The third-order valence-corrected chi connectivity index (χ3v) is 6.86. The molecule has 0 aromatic heterocycles. The van der Waals surface area contributed by atoms with E-state index in [9.17, 15) is 23.7 Å². The molecular formula is C19H27ClO8S. The van der Waals surface area contributed by atoms with Crippen LogP contribution in [0.4, 0.5) is 0 Å². The first-order chi connectivity index (χ1) is 13.7. The Bertz CT molecular complexity index is 799. The summed E-state index contributed by atoms with van der Waals surface area (Å²) >= 11 is 6.45. The second-order valence-electron chi connectivity index (χ2n) is 7.46. The Labute approximate surface area is 175 Å². The van der Waals surface area contributed by atoms with Gasteiger partial charge < -0.3 is 29.5 Å². The van der Waals surface area contributed by atoms with Crippen molar-refractivity contribution in [3.8, 4) is 5.75 Å². The highest BCUT2D eigenvalue weighted by Crippen LogP contribution is 2.43. The highest BCUT2D eigenvalue weighted by molar-refractivity contribution is 7.90. The molecule has 8 nitrogen and oxygen atoms in total. The summed E-state index contributed by atoms with van der Waals surface area (Å²) in [6.45, 7) is 1.09. The van der Waals surface area contributed by atoms with Gasteiger partial charge in [0.2, 0.25) is 0 Å². The van der Waals surface area contributed by atoms with Crippen molar-refractivity contribution in [3.63, 3.8) is 0 Å². The number of aliphatic hydroxyl groups is 3. The smallest absolute Gasteiger partial charge is 0.179 e. The predicted octanol–water partition coefficient (Wildman–Crippen LogP) is 1.44. The Balaban J connectivity index is 1.88. The fourth-order valence-electron chi connectivity index (χ4n) is 3.85. The molecule has 2 fully saturated rings. The van der Waals surface area contributed by atoms with Gasteiger partial charge in [0.15, 0.2) is 21.9 Å². The van der Waals surface area contributed by atoms with E-state index in [1.807, 2.05) is 0 Å². The Morgan fingerprint density at radius 2 is 1.83 bits per heavy atom. The van der Waals surface area contributed by atoms with E-state index in [-0.39, 0.29) is 27.8 Å². The molecule has 3 rings (SSSR count). The molecule has 0 bridgehead atoms. The molecule has 1 saturated carbocycles. The van der Waals surface area contributed by atoms with Crippen molar-refractivity contribution in [3.05, 3.63) is 22.7 Å². The van der Waals surface area contributed by atoms with Crippen molar-refractivity contribution in [2.24, 2.45) is 5.92 Å². The highest BCUT2D eigenvalue weighted by Gasteiger charge is 2.38. The summed E-state index contributed by atoms with van der Waals surface area (Å²) in [7, 11) is -3.65. The van der Waals surface area contributed by atoms with Crippen molar-refractivity contribution >= 4 is 21.4 Å². The van der Waals surface area contributed by atoms with E-state index in [1.54, 1.807) is 0 Å². The Hall–Kier alpha value is -0.940. The number of hydrogen-bond acceptors (Lipinski definition) is 8. The lowest BCUT2D eigenvalue weighted by molar-refractivity contribution is -0.0831. The third kappa shape index (κ3) is 5.22. The lowest BCUT2D eigenvalue weighted by Gasteiger charge is -2.36. The molecule has 0 unspecified atom stereocenters. The van der Waals surface area contributed by atoms with Gasteiger partial charge in [-0.3, -0.25) is 0 Å². The van der Waals surface area contributed by atoms with Gasteiger partial charge in [-0.05, 0) is 25.3 Å². The van der Waals surface area contributed by atoms with E-state index < -0.39 is 40.4 Å². The van der Waals surface area contributed by atoms with Gasteiger partial charge in [0.1, 0.15) is 4.90 Å². The molecule has 1 heterocycles. The summed E-state index contributed by atoms with van der Waals surface area (Å²) in [6.07, 6.45) is -0.467. The van der Waals surface area contributed by atoms with Crippen LogP contribution in [-0.2, 0) is 19.3 Å². The second-order valence-corrected chi connectivity index (χ2v) is 9.83. The summed E-state index contributed by atoms with van der Waals surface area (Å²) in [5.74, 6) is -0.887. The van der Waals surface area contributed by atoms with Crippen molar-refractivity contribution in [2.75, 3.05) is 26.1 Å². The number of rotatable bonds is 7. The van der Waals surface area contributed by atoms with Gasteiger partial charge in [0.25, 0.3) is 0 Å². The van der Waals surface area contributed by atoms with Gasteiger partial charge in [0, 0.05) is 24.2 Å². The van der Waals surface area contributed by atoms with Gasteiger partial charge >= 0.3 is 0 Å². The predicted molar refractivity (Wildman–Crippen MR) is 105 cm³/mol. The van der Waals surface area contributed by atoms with Gasteiger partial charge in [-0.25, -0.2) is 8.42 Å². The maximum Gasteiger partial charge on any atom is 0.179 e. The maximum atomic E-state index is 12.2. The van der Waals surface area contributed by atoms with Gasteiger partial charge in [-0.2, -0.15) is 0 Å². The van der Waals surface area contributed by atoms with Crippen molar-refractivity contribution < 1.29 is 37.9 Å². The molecule has 1 aromatic carbocycles. The Kier molecular flexibility index (Phi) is 7.42. The Morgan fingerprint density at radius 3 is 2.41 bits per heavy atom. The Morgan fingerprint density at radius 1 is 1.21 bits per heavy atom. The molecular weight excluding hydrogens is 424 g/mol. The number of halogens is 1. The minimum absolute atomic E-state index is 0.0568. The van der Waals surface area contributed by atoms with Crippen LogP contribution in [0.15, 0.2) is 17.0 Å². The number of aliphatic hydroxyl groups excluding tert-OH is 3. The van der Waals surface area contributed by atoms with E-state index >= 15 is 0 Å². The number of ether oxygens (including phenoxy) is 3. The van der Waals surface area contributed by atoms with Crippen LogP contribution in [0, 0.1) is 5.92 Å². The van der Waals surface area contributed by atoms with E-state index in [0.717, 1.165) is 6.26 Å². The zero-order valence-electron chi connectivity index (χ0n) is 16.2. The molecule has 0 radical (unpaired) electrons. The van der Waals surface area contributed by atoms with Crippen LogP contribution in [-0.4, -0.2) is 68.3 Å². The average Bonchev–Trinajstić information content (AvgIpc) is 3.15. The van der Waals surface area contributed by atoms with Crippen molar-refractivity contribution in [1.29, 1.82) is 0 Å². The first kappa shape index (κ1) is 22.7. The van der Waals surface area contributed by atoms with Crippen LogP contribution in [0.25, 0.3) is 0 Å². The van der Waals surface area contributed by atoms with Crippen LogP contribution in [0.2, 0.25) is 5.02 Å². The summed E-state index contributed by atoms with van der Waals surface area (Å²) < 4.78 is 40.7. The molecule has 0 spiro atoms. The molecule has 10 heteroatoms. The lowest BCUT2D eigenvalue weighted by atomic mass is 9.78. The summed E-state index contributed by atoms with van der Waals surface area (Å²) in [6, 6.07) is 2.72. The monoisotopic (exact) mass is 450 g/mol. The second kappa shape index (κ2) is 9.47. The zero-order chi connectivity index (χ0) is 21.2. The fourth-order valence-corrected chi connectivity index (χ4v) is 5.05. The van der Waals surface area contributed by atoms with E-state index in [1.165, 1.54) is 12.1 Å². The third-order valence-electron chi connectivity index (χ3n) is 5.35. The van der Waals surface area contributed by atoms with Gasteiger partial charge in [0.05, 0.1) is 43.2 Å². The summed E-state index contributed by atoms with van der Waals surface area (Å²) in [5, 5.41) is 31.3. The highest BCUT2D eigenvalue weighted by atomic mass is 35.5. The van der Waals surface area contributed by atoms with E-state index in [4.69, 9.17) is 25.8 Å². The van der Waals surface area contributed by atoms with Crippen molar-refractivity contribution in [1.82, 2.24) is 0 Å². The molecule has 0 amide bonds. The van der Waals surface area contributed by atoms with E-state index in [2.05, 4.69) is 0 Å². The van der Waals surface area contributed by atoms with Gasteiger partial charge in [-0.1, -0.05) is 17.7 Å². The van der Waals surface area contributed by atoms with Crippen LogP contribution in [0.3, 0.4) is 0 Å². The topological polar surface area (TPSA) is 123 Å². The van der Waals surface area contributed by atoms with Crippen LogP contribution in [0.1, 0.15) is 37.4 Å². The standard InChI is InChI=1S/C19H27ClO8S/c1-29(24,25)14-6-5-11(18(23)16-12(21)3-2-4-13(16)22)17(20)19(14)28-8-7-15-26-9-10-27-15/h5-6,12-13,15-16,18,21-23H,2-4,7-10H2,1H3/t12-,13-,18-/m1/s1. The zero-order valence-corrected chi connectivity index (χ0v) is 17.7. The van der Waals surface area contributed by atoms with Crippen molar-refractivity contribution in [2.45, 2.75) is 55.2 Å². The molecule has 164 valence electrons.